The molecule has 2 N–H and O–H groups in total. The summed E-state index contributed by atoms with van der Waals surface area (Å²) < 4.78 is 0. The van der Waals surface area contributed by atoms with Crippen LogP contribution in [0.15, 0.2) is 48.5 Å². The summed E-state index contributed by atoms with van der Waals surface area (Å²) in [4.78, 5) is 12.4. The Hall–Kier alpha value is -2.00. The third-order valence-electron chi connectivity index (χ3n) is 3.14. The molecule has 4 heteroatoms. The molecule has 0 aliphatic heterocycles. The van der Waals surface area contributed by atoms with Crippen LogP contribution in [-0.2, 0) is 0 Å². The topological polar surface area (TPSA) is 41.1 Å². The summed E-state index contributed by atoms with van der Waals surface area (Å²) in [6.45, 7) is 1.96. The van der Waals surface area contributed by atoms with Crippen molar-refractivity contribution < 1.29 is 4.79 Å². The molecule has 3 nitrogen and oxygen atoms in total. The Bertz CT molecular complexity index is 599. The van der Waals surface area contributed by atoms with Crippen LogP contribution in [0.2, 0.25) is 5.02 Å². The quantitative estimate of drug-likeness (QED) is 0.896. The maximum atomic E-state index is 12.4. The number of benzene rings is 2. The van der Waals surface area contributed by atoms with Crippen molar-refractivity contribution in [3.05, 3.63) is 64.7 Å². The second-order valence-corrected chi connectivity index (χ2v) is 4.98. The average molecular weight is 289 g/mol. The van der Waals surface area contributed by atoms with Gasteiger partial charge < -0.3 is 10.6 Å². The van der Waals surface area contributed by atoms with E-state index in [0.717, 1.165) is 11.3 Å². The Labute approximate surface area is 124 Å². The van der Waals surface area contributed by atoms with Crippen molar-refractivity contribution in [3.8, 4) is 0 Å². The van der Waals surface area contributed by atoms with E-state index in [2.05, 4.69) is 10.6 Å². The van der Waals surface area contributed by atoms with Crippen LogP contribution in [0.25, 0.3) is 0 Å². The zero-order valence-electron chi connectivity index (χ0n) is 11.5. The Balaban J connectivity index is 2.18. The lowest BCUT2D eigenvalue weighted by atomic mass is 10.1. The third-order valence-corrected chi connectivity index (χ3v) is 3.38. The van der Waals surface area contributed by atoms with E-state index >= 15 is 0 Å². The van der Waals surface area contributed by atoms with Gasteiger partial charge in [0.2, 0.25) is 0 Å². The van der Waals surface area contributed by atoms with Crippen LogP contribution in [0, 0.1) is 0 Å². The van der Waals surface area contributed by atoms with E-state index < -0.39 is 0 Å². The number of halogens is 1. The van der Waals surface area contributed by atoms with E-state index in [0.29, 0.717) is 10.6 Å². The molecule has 1 atom stereocenters. The highest BCUT2D eigenvalue weighted by molar-refractivity contribution is 6.31. The van der Waals surface area contributed by atoms with Crippen LogP contribution in [0.5, 0.6) is 0 Å². The second-order valence-electron chi connectivity index (χ2n) is 4.55. The Morgan fingerprint density at radius 3 is 2.50 bits per heavy atom. The maximum absolute atomic E-state index is 12.4. The minimum Gasteiger partial charge on any atom is -0.387 e. The largest absolute Gasteiger partial charge is 0.387 e. The lowest BCUT2D eigenvalue weighted by Crippen LogP contribution is -2.27. The Morgan fingerprint density at radius 2 is 1.85 bits per heavy atom. The SMILES string of the molecule is CNc1ccc(Cl)cc1C(=O)NC(C)c1ccccc1. The molecule has 0 radical (unpaired) electrons. The van der Waals surface area contributed by atoms with E-state index in [4.69, 9.17) is 11.6 Å². The number of rotatable bonds is 4. The molecule has 0 bridgehead atoms. The number of amides is 1. The predicted molar refractivity (Wildman–Crippen MR) is 83.3 cm³/mol. The highest BCUT2D eigenvalue weighted by Gasteiger charge is 2.14. The van der Waals surface area contributed by atoms with E-state index in [9.17, 15) is 4.79 Å². The zero-order chi connectivity index (χ0) is 14.5. The van der Waals surface area contributed by atoms with Crippen molar-refractivity contribution in [3.63, 3.8) is 0 Å². The summed E-state index contributed by atoms with van der Waals surface area (Å²) in [5.41, 5.74) is 2.36. The normalized spacial score (nSPS) is 11.8. The van der Waals surface area contributed by atoms with Gasteiger partial charge in [0, 0.05) is 17.8 Å². The average Bonchev–Trinajstić information content (AvgIpc) is 2.48. The molecule has 104 valence electrons. The number of hydrogen-bond acceptors (Lipinski definition) is 2. The highest BCUT2D eigenvalue weighted by Crippen LogP contribution is 2.21. The fourth-order valence-electron chi connectivity index (χ4n) is 2.02. The third kappa shape index (κ3) is 3.31. The molecule has 0 spiro atoms. The number of carbonyl (C=O) groups is 1. The number of anilines is 1. The van der Waals surface area contributed by atoms with Gasteiger partial charge in [0.25, 0.3) is 5.91 Å². The Morgan fingerprint density at radius 1 is 1.15 bits per heavy atom. The van der Waals surface area contributed by atoms with Crippen molar-refractivity contribution in [1.82, 2.24) is 5.32 Å². The predicted octanol–water partition coefficient (Wildman–Crippen LogP) is 3.87. The summed E-state index contributed by atoms with van der Waals surface area (Å²) in [5.74, 6) is -0.145. The van der Waals surface area contributed by atoms with Gasteiger partial charge in [-0.3, -0.25) is 4.79 Å². The molecule has 1 unspecified atom stereocenters. The standard InChI is InChI=1S/C16H17ClN2O/c1-11(12-6-4-3-5-7-12)19-16(20)14-10-13(17)8-9-15(14)18-2/h3-11,18H,1-2H3,(H,19,20). The first-order valence-electron chi connectivity index (χ1n) is 6.45. The van der Waals surface area contributed by atoms with Gasteiger partial charge in [-0.25, -0.2) is 0 Å². The molecule has 2 aromatic carbocycles. The number of hydrogen-bond donors (Lipinski definition) is 2. The van der Waals surface area contributed by atoms with Crippen molar-refractivity contribution in [2.75, 3.05) is 12.4 Å². The van der Waals surface area contributed by atoms with E-state index in [-0.39, 0.29) is 11.9 Å². The van der Waals surface area contributed by atoms with Gasteiger partial charge in [0.05, 0.1) is 11.6 Å². The molecule has 2 aromatic rings. The number of carbonyl (C=O) groups excluding carboxylic acids is 1. The number of nitrogens with one attached hydrogen (secondary N) is 2. The van der Waals surface area contributed by atoms with Gasteiger partial charge in [-0.05, 0) is 30.7 Å². The molecule has 0 saturated heterocycles. The molecular weight excluding hydrogens is 272 g/mol. The van der Waals surface area contributed by atoms with Gasteiger partial charge in [-0.2, -0.15) is 0 Å². The summed E-state index contributed by atoms with van der Waals surface area (Å²) in [6, 6.07) is 15.0. The lowest BCUT2D eigenvalue weighted by molar-refractivity contribution is 0.0940. The maximum Gasteiger partial charge on any atom is 0.253 e. The van der Waals surface area contributed by atoms with Gasteiger partial charge in [-0.1, -0.05) is 41.9 Å². The summed E-state index contributed by atoms with van der Waals surface area (Å²) in [5, 5.41) is 6.52. The summed E-state index contributed by atoms with van der Waals surface area (Å²) in [6.07, 6.45) is 0. The van der Waals surface area contributed by atoms with Gasteiger partial charge >= 0.3 is 0 Å². The van der Waals surface area contributed by atoms with Crippen molar-refractivity contribution in [2.45, 2.75) is 13.0 Å². The van der Waals surface area contributed by atoms with Crippen LogP contribution >= 0.6 is 11.6 Å². The first-order valence-corrected chi connectivity index (χ1v) is 6.82. The van der Waals surface area contributed by atoms with Crippen LogP contribution < -0.4 is 10.6 Å². The molecule has 0 aromatic heterocycles. The molecule has 0 fully saturated rings. The first kappa shape index (κ1) is 14.4. The Kier molecular flexibility index (Phi) is 4.64. The van der Waals surface area contributed by atoms with Gasteiger partial charge in [0.1, 0.15) is 0 Å². The molecular formula is C16H17ClN2O. The van der Waals surface area contributed by atoms with E-state index in [1.165, 1.54) is 0 Å². The minimum atomic E-state index is -0.145. The first-order chi connectivity index (χ1) is 9.61. The van der Waals surface area contributed by atoms with Gasteiger partial charge in [-0.15, -0.1) is 0 Å². The molecule has 2 rings (SSSR count). The van der Waals surface area contributed by atoms with Crippen molar-refractivity contribution in [1.29, 1.82) is 0 Å². The molecule has 20 heavy (non-hydrogen) atoms. The van der Waals surface area contributed by atoms with Crippen molar-refractivity contribution >= 4 is 23.2 Å². The fraction of sp³-hybridized carbons (Fsp3) is 0.188. The summed E-state index contributed by atoms with van der Waals surface area (Å²) in [7, 11) is 1.78. The van der Waals surface area contributed by atoms with Crippen LogP contribution in [0.1, 0.15) is 28.9 Å². The minimum absolute atomic E-state index is 0.0626. The second kappa shape index (κ2) is 6.44. The monoisotopic (exact) mass is 288 g/mol. The van der Waals surface area contributed by atoms with Crippen LogP contribution in [0.4, 0.5) is 5.69 Å². The summed E-state index contributed by atoms with van der Waals surface area (Å²) >= 11 is 5.96. The fourth-order valence-corrected chi connectivity index (χ4v) is 2.19. The smallest absolute Gasteiger partial charge is 0.253 e. The van der Waals surface area contributed by atoms with Crippen LogP contribution in [0.3, 0.4) is 0 Å². The van der Waals surface area contributed by atoms with Crippen LogP contribution in [-0.4, -0.2) is 13.0 Å². The highest BCUT2D eigenvalue weighted by atomic mass is 35.5. The van der Waals surface area contributed by atoms with E-state index in [1.807, 2.05) is 37.3 Å². The van der Waals surface area contributed by atoms with E-state index in [1.54, 1.807) is 25.2 Å². The zero-order valence-corrected chi connectivity index (χ0v) is 12.2. The lowest BCUT2D eigenvalue weighted by Gasteiger charge is -2.16. The molecule has 0 aliphatic rings. The molecule has 0 saturated carbocycles. The van der Waals surface area contributed by atoms with Gasteiger partial charge in [0.15, 0.2) is 0 Å². The molecule has 0 aliphatic carbocycles. The molecule has 0 heterocycles. The van der Waals surface area contributed by atoms with Crippen molar-refractivity contribution in [2.24, 2.45) is 0 Å². The molecule has 1 amide bonds.